The van der Waals surface area contributed by atoms with E-state index < -0.39 is 0 Å². The van der Waals surface area contributed by atoms with Crippen LogP contribution in [-0.2, 0) is 43.5 Å². The van der Waals surface area contributed by atoms with Crippen LogP contribution in [0.3, 0.4) is 0 Å². The summed E-state index contributed by atoms with van der Waals surface area (Å²) < 4.78 is 30.9. The molecular weight excluding hydrogens is 496 g/mol. The monoisotopic (exact) mass is 526 g/mol. The van der Waals surface area contributed by atoms with E-state index in [4.69, 9.17) is 23.7 Å². The molecule has 0 N–H and O–H groups in total. The highest BCUT2D eigenvalue weighted by molar-refractivity contribution is 9.09. The summed E-state index contributed by atoms with van der Waals surface area (Å²) in [5.74, 6) is 0. The van der Waals surface area contributed by atoms with E-state index in [-0.39, 0.29) is 29.4 Å². The molecule has 1 aliphatic rings. The minimum atomic E-state index is -0.365. The second-order valence-electron chi connectivity index (χ2n) is 8.25. The van der Waals surface area contributed by atoms with Gasteiger partial charge in [-0.2, -0.15) is 0 Å². The molecule has 0 unspecified atom stereocenters. The minimum absolute atomic E-state index is 0.321. The van der Waals surface area contributed by atoms with Gasteiger partial charge in [-0.3, -0.25) is 0 Å². The zero-order chi connectivity index (χ0) is 23.6. The minimum Gasteiger partial charge on any atom is -0.376 e. The van der Waals surface area contributed by atoms with Gasteiger partial charge in [0.05, 0.1) is 26.4 Å². The van der Waals surface area contributed by atoms with Crippen LogP contribution in [0.4, 0.5) is 0 Å². The fraction of sp³-hybridized carbons (Fsp3) is 0.357. The van der Waals surface area contributed by atoms with Crippen LogP contribution in [0.5, 0.6) is 0 Å². The second-order valence-corrected chi connectivity index (χ2v) is 9.15. The average molecular weight is 527 g/mol. The zero-order valence-electron chi connectivity index (χ0n) is 19.3. The van der Waals surface area contributed by atoms with Gasteiger partial charge in [0, 0.05) is 7.11 Å². The Kier molecular flexibility index (Phi) is 9.68. The molecule has 0 spiro atoms. The van der Waals surface area contributed by atoms with Gasteiger partial charge in [0.2, 0.25) is 0 Å². The van der Waals surface area contributed by atoms with E-state index in [1.807, 2.05) is 91.0 Å². The summed E-state index contributed by atoms with van der Waals surface area (Å²) in [5, 5.41) is -0.358. The fourth-order valence-corrected chi connectivity index (χ4v) is 4.78. The van der Waals surface area contributed by atoms with Crippen LogP contribution in [0, 0.1) is 0 Å². The molecule has 34 heavy (non-hydrogen) atoms. The highest BCUT2D eigenvalue weighted by Gasteiger charge is 2.47. The summed E-state index contributed by atoms with van der Waals surface area (Å²) in [4.78, 5) is 0. The van der Waals surface area contributed by atoms with Crippen molar-refractivity contribution in [3.63, 3.8) is 0 Å². The molecule has 0 amide bonds. The molecule has 0 aromatic heterocycles. The van der Waals surface area contributed by atoms with Gasteiger partial charge in [0.25, 0.3) is 0 Å². The SMILES string of the molecule is CO[C@@H]1[C@@H](OCc2ccccc2)[C@@H](Br)O[C@H](COCc2ccccc2)[C@H]1OCc1ccccc1. The lowest BCUT2D eigenvalue weighted by Gasteiger charge is -2.44. The van der Waals surface area contributed by atoms with E-state index >= 15 is 0 Å². The Morgan fingerprint density at radius 3 is 1.62 bits per heavy atom. The molecular formula is C28H31BrO5. The summed E-state index contributed by atoms with van der Waals surface area (Å²) in [6, 6.07) is 30.3. The van der Waals surface area contributed by atoms with Crippen molar-refractivity contribution in [3.05, 3.63) is 108 Å². The van der Waals surface area contributed by atoms with Crippen LogP contribution in [-0.4, -0.2) is 43.1 Å². The molecule has 0 saturated carbocycles. The molecule has 0 aliphatic carbocycles. The average Bonchev–Trinajstić information content (AvgIpc) is 2.89. The van der Waals surface area contributed by atoms with Crippen LogP contribution in [0.2, 0.25) is 0 Å². The number of ether oxygens (including phenoxy) is 5. The maximum atomic E-state index is 6.39. The molecule has 5 atom stereocenters. The number of halogens is 1. The number of benzene rings is 3. The smallest absolute Gasteiger partial charge is 0.141 e. The van der Waals surface area contributed by atoms with E-state index in [2.05, 4.69) is 15.9 Å². The maximum Gasteiger partial charge on any atom is 0.141 e. The first-order chi connectivity index (χ1) is 16.7. The third kappa shape index (κ3) is 6.98. The van der Waals surface area contributed by atoms with E-state index in [1.165, 1.54) is 0 Å². The Morgan fingerprint density at radius 2 is 1.12 bits per heavy atom. The van der Waals surface area contributed by atoms with Crippen LogP contribution in [0.1, 0.15) is 16.7 Å². The first kappa shape index (κ1) is 25.0. The number of rotatable bonds is 11. The lowest BCUT2D eigenvalue weighted by atomic mass is 9.99. The van der Waals surface area contributed by atoms with E-state index in [0.717, 1.165) is 16.7 Å². The summed E-state index contributed by atoms with van der Waals surface area (Å²) in [5.41, 5.74) is 3.29. The lowest BCUT2D eigenvalue weighted by Crippen LogP contribution is -2.59. The van der Waals surface area contributed by atoms with Crippen molar-refractivity contribution in [1.82, 2.24) is 0 Å². The van der Waals surface area contributed by atoms with Crippen molar-refractivity contribution in [2.24, 2.45) is 0 Å². The summed E-state index contributed by atoms with van der Waals surface area (Å²) in [7, 11) is 1.69. The molecule has 1 heterocycles. The number of hydrogen-bond donors (Lipinski definition) is 0. The quantitative estimate of drug-likeness (QED) is 0.308. The summed E-state index contributed by atoms with van der Waals surface area (Å²) >= 11 is 3.67. The Balaban J connectivity index is 1.45. The molecule has 3 aromatic rings. The predicted molar refractivity (Wildman–Crippen MR) is 135 cm³/mol. The van der Waals surface area contributed by atoms with Gasteiger partial charge in [0.1, 0.15) is 29.4 Å². The Hall–Kier alpha value is -2.06. The number of hydrogen-bond acceptors (Lipinski definition) is 5. The molecule has 6 heteroatoms. The zero-order valence-corrected chi connectivity index (χ0v) is 20.9. The maximum absolute atomic E-state index is 6.39. The lowest BCUT2D eigenvalue weighted by molar-refractivity contribution is -0.245. The van der Waals surface area contributed by atoms with Crippen molar-refractivity contribution < 1.29 is 23.7 Å². The van der Waals surface area contributed by atoms with E-state index in [0.29, 0.717) is 26.4 Å². The topological polar surface area (TPSA) is 46.2 Å². The predicted octanol–water partition coefficient (Wildman–Crippen LogP) is 5.51. The third-order valence-corrected chi connectivity index (χ3v) is 6.55. The standard InChI is InChI=1S/C28H31BrO5/c1-30-26-25(32-18-22-13-7-3-8-14-22)24(20-31-17-21-11-5-2-6-12-21)34-28(29)27(26)33-19-23-15-9-4-10-16-23/h2-16,24-28H,17-20H2,1H3/t24-,25-,26+,27-,28+/m1/s1. The fourth-order valence-electron chi connectivity index (χ4n) is 4.05. The first-order valence-corrected chi connectivity index (χ1v) is 12.4. The molecule has 1 aliphatic heterocycles. The molecule has 0 bridgehead atoms. The van der Waals surface area contributed by atoms with Crippen molar-refractivity contribution in [3.8, 4) is 0 Å². The first-order valence-electron chi connectivity index (χ1n) is 11.5. The molecule has 1 saturated heterocycles. The number of alkyl halides is 1. The van der Waals surface area contributed by atoms with Gasteiger partial charge >= 0.3 is 0 Å². The number of methoxy groups -OCH3 is 1. The van der Waals surface area contributed by atoms with Crippen molar-refractivity contribution >= 4 is 15.9 Å². The van der Waals surface area contributed by atoms with E-state index in [9.17, 15) is 0 Å². The third-order valence-electron chi connectivity index (χ3n) is 5.81. The Bertz CT molecular complexity index is 956. The summed E-state index contributed by atoms with van der Waals surface area (Å²) in [6.07, 6.45) is -1.37. The molecule has 5 nitrogen and oxygen atoms in total. The van der Waals surface area contributed by atoms with Crippen LogP contribution in [0.25, 0.3) is 0 Å². The van der Waals surface area contributed by atoms with Crippen LogP contribution in [0.15, 0.2) is 91.0 Å². The normalized spacial score (nSPS) is 24.7. The molecule has 180 valence electrons. The van der Waals surface area contributed by atoms with Gasteiger partial charge in [-0.25, -0.2) is 0 Å². The molecule has 4 rings (SSSR count). The van der Waals surface area contributed by atoms with Gasteiger partial charge in [-0.1, -0.05) is 107 Å². The Labute approximate surface area is 210 Å². The van der Waals surface area contributed by atoms with Crippen LogP contribution >= 0.6 is 15.9 Å². The van der Waals surface area contributed by atoms with Gasteiger partial charge < -0.3 is 23.7 Å². The highest BCUT2D eigenvalue weighted by atomic mass is 79.9. The molecule has 3 aromatic carbocycles. The summed E-state index contributed by atoms with van der Waals surface area (Å²) in [6.45, 7) is 1.78. The second kappa shape index (κ2) is 13.1. The van der Waals surface area contributed by atoms with Crippen molar-refractivity contribution in [1.29, 1.82) is 0 Å². The Morgan fingerprint density at radius 1 is 0.647 bits per heavy atom. The molecule has 1 fully saturated rings. The van der Waals surface area contributed by atoms with Crippen molar-refractivity contribution in [2.75, 3.05) is 13.7 Å². The molecule has 0 radical (unpaired) electrons. The van der Waals surface area contributed by atoms with Gasteiger partial charge in [-0.15, -0.1) is 0 Å². The van der Waals surface area contributed by atoms with E-state index in [1.54, 1.807) is 7.11 Å². The van der Waals surface area contributed by atoms with Gasteiger partial charge in [-0.05, 0) is 16.7 Å². The van der Waals surface area contributed by atoms with Crippen LogP contribution < -0.4 is 0 Å². The van der Waals surface area contributed by atoms with Crippen molar-refractivity contribution in [2.45, 2.75) is 49.2 Å². The van der Waals surface area contributed by atoms with Gasteiger partial charge in [0.15, 0.2) is 0 Å². The largest absolute Gasteiger partial charge is 0.376 e. The highest BCUT2D eigenvalue weighted by Crippen LogP contribution is 2.32.